The number of hydrogen-bond donors (Lipinski definition) is 1. The third-order valence-electron chi connectivity index (χ3n) is 3.01. The maximum atomic E-state index is 12.1. The topological polar surface area (TPSA) is 89.5 Å². The number of carboxylic acids is 1. The summed E-state index contributed by atoms with van der Waals surface area (Å²) >= 11 is 6.05. The van der Waals surface area contributed by atoms with E-state index in [0.29, 0.717) is 11.2 Å². The average Bonchev–Trinajstić information content (AvgIpc) is 2.78. The summed E-state index contributed by atoms with van der Waals surface area (Å²) in [4.78, 5) is 26.9. The second-order valence-corrected chi connectivity index (χ2v) is 4.76. The first-order valence-electron chi connectivity index (χ1n) is 5.97. The number of carbonyl (C=O) groups is 1. The Bertz CT molecular complexity index is 900. The molecule has 0 aliphatic rings. The molecule has 0 aliphatic carbocycles. The lowest BCUT2D eigenvalue weighted by atomic mass is 10.1. The molecule has 0 bridgehead atoms. The summed E-state index contributed by atoms with van der Waals surface area (Å²) in [5.74, 6) is -1.06. The molecule has 1 aromatic carbocycles. The van der Waals surface area contributed by atoms with E-state index in [1.54, 1.807) is 6.07 Å². The lowest BCUT2D eigenvalue weighted by molar-refractivity contribution is 0.0697. The molecule has 3 aromatic rings. The number of aromatic carboxylic acids is 1. The lowest BCUT2D eigenvalue weighted by Gasteiger charge is -2.04. The Labute approximate surface area is 123 Å². The highest BCUT2D eigenvalue weighted by Crippen LogP contribution is 2.18. The van der Waals surface area contributed by atoms with Gasteiger partial charge in [0.25, 0.3) is 0 Å². The van der Waals surface area contributed by atoms with Crippen LogP contribution < -0.4 is 5.69 Å². The van der Waals surface area contributed by atoms with E-state index in [4.69, 9.17) is 16.7 Å². The van der Waals surface area contributed by atoms with Gasteiger partial charge in [0.1, 0.15) is 0 Å². The summed E-state index contributed by atoms with van der Waals surface area (Å²) in [5.41, 5.74) is 0.821. The van der Waals surface area contributed by atoms with Gasteiger partial charge in [0.15, 0.2) is 5.65 Å². The number of aromatic nitrogens is 4. The van der Waals surface area contributed by atoms with Gasteiger partial charge in [0.2, 0.25) is 0 Å². The molecule has 0 unspecified atom stereocenters. The smallest absolute Gasteiger partial charge is 0.350 e. The number of rotatable bonds is 3. The molecule has 0 saturated carbocycles. The number of halogens is 1. The molecular formula is C13H9ClN4O3. The normalized spacial score (nSPS) is 10.9. The van der Waals surface area contributed by atoms with Crippen LogP contribution in [-0.2, 0) is 6.54 Å². The van der Waals surface area contributed by atoms with Crippen molar-refractivity contribution in [3.63, 3.8) is 0 Å². The molecule has 7 nitrogen and oxygen atoms in total. The molecule has 1 N–H and O–H groups in total. The molecule has 0 saturated heterocycles. The van der Waals surface area contributed by atoms with Crippen LogP contribution in [0.3, 0.4) is 0 Å². The number of carboxylic acid groups (broad SMARTS) is 1. The minimum absolute atomic E-state index is 0.0929. The van der Waals surface area contributed by atoms with Crippen LogP contribution in [0.5, 0.6) is 0 Å². The van der Waals surface area contributed by atoms with E-state index >= 15 is 0 Å². The highest BCUT2D eigenvalue weighted by atomic mass is 35.5. The van der Waals surface area contributed by atoms with Crippen molar-refractivity contribution >= 4 is 23.2 Å². The van der Waals surface area contributed by atoms with Gasteiger partial charge in [0, 0.05) is 17.4 Å². The Hall–Kier alpha value is -2.67. The Morgan fingerprint density at radius 1 is 1.38 bits per heavy atom. The van der Waals surface area contributed by atoms with E-state index in [-0.39, 0.29) is 22.8 Å². The van der Waals surface area contributed by atoms with Gasteiger partial charge in [-0.25, -0.2) is 18.7 Å². The summed E-state index contributed by atoms with van der Waals surface area (Å²) < 4.78 is 2.62. The molecule has 106 valence electrons. The third-order valence-corrected chi connectivity index (χ3v) is 3.36. The molecule has 0 fully saturated rings. The van der Waals surface area contributed by atoms with Crippen molar-refractivity contribution in [2.75, 3.05) is 0 Å². The van der Waals surface area contributed by atoms with Crippen LogP contribution in [0.1, 0.15) is 15.9 Å². The zero-order chi connectivity index (χ0) is 15.0. The van der Waals surface area contributed by atoms with E-state index in [9.17, 15) is 9.59 Å². The van der Waals surface area contributed by atoms with Gasteiger partial charge in [-0.1, -0.05) is 17.7 Å². The van der Waals surface area contributed by atoms with Crippen LogP contribution in [-0.4, -0.2) is 30.2 Å². The van der Waals surface area contributed by atoms with Gasteiger partial charge in [0.05, 0.1) is 18.3 Å². The molecule has 0 amide bonds. The first-order chi connectivity index (χ1) is 10.1. The summed E-state index contributed by atoms with van der Waals surface area (Å²) in [5, 5.41) is 13.3. The SMILES string of the molecule is O=C(O)c1ccc(Cn2nc3cnccn3c2=O)c(Cl)c1. The maximum Gasteiger partial charge on any atom is 0.350 e. The first kappa shape index (κ1) is 13.3. The monoisotopic (exact) mass is 304 g/mol. The van der Waals surface area contributed by atoms with Crippen molar-refractivity contribution < 1.29 is 9.90 Å². The van der Waals surface area contributed by atoms with E-state index in [0.717, 1.165) is 0 Å². The molecule has 8 heteroatoms. The zero-order valence-electron chi connectivity index (χ0n) is 10.6. The van der Waals surface area contributed by atoms with Crippen molar-refractivity contribution in [3.8, 4) is 0 Å². The minimum Gasteiger partial charge on any atom is -0.478 e. The standard InChI is InChI=1S/C13H9ClN4O3/c14-10-5-8(12(19)20)1-2-9(10)7-18-13(21)17-4-3-15-6-11(17)16-18/h1-6H,7H2,(H,19,20). The number of fused-ring (bicyclic) bond motifs is 1. The van der Waals surface area contributed by atoms with Gasteiger partial charge in [-0.2, -0.15) is 0 Å². The van der Waals surface area contributed by atoms with Crippen LogP contribution in [0.2, 0.25) is 5.02 Å². The van der Waals surface area contributed by atoms with Gasteiger partial charge >= 0.3 is 11.7 Å². The Balaban J connectivity index is 2.01. The summed E-state index contributed by atoms with van der Waals surface area (Å²) in [7, 11) is 0. The van der Waals surface area contributed by atoms with Crippen molar-refractivity contribution in [3.05, 3.63) is 63.4 Å². The highest BCUT2D eigenvalue weighted by molar-refractivity contribution is 6.31. The van der Waals surface area contributed by atoms with Gasteiger partial charge in [-0.3, -0.25) is 4.98 Å². The molecule has 0 radical (unpaired) electrons. The van der Waals surface area contributed by atoms with Crippen molar-refractivity contribution in [2.45, 2.75) is 6.54 Å². The van der Waals surface area contributed by atoms with Crippen LogP contribution in [0.25, 0.3) is 5.65 Å². The van der Waals surface area contributed by atoms with E-state index < -0.39 is 5.97 Å². The molecule has 2 aromatic heterocycles. The van der Waals surface area contributed by atoms with Crippen LogP contribution in [0, 0.1) is 0 Å². The largest absolute Gasteiger partial charge is 0.478 e. The van der Waals surface area contributed by atoms with Crippen LogP contribution in [0.15, 0.2) is 41.6 Å². The fourth-order valence-electron chi connectivity index (χ4n) is 1.95. The summed E-state index contributed by atoms with van der Waals surface area (Å²) in [6.07, 6.45) is 4.50. The van der Waals surface area contributed by atoms with Crippen LogP contribution >= 0.6 is 11.6 Å². The van der Waals surface area contributed by atoms with E-state index in [1.165, 1.54) is 39.8 Å². The second kappa shape index (κ2) is 5.02. The molecule has 3 rings (SSSR count). The van der Waals surface area contributed by atoms with Gasteiger partial charge in [-0.05, 0) is 17.7 Å². The molecule has 2 heterocycles. The predicted octanol–water partition coefficient (Wildman–Crippen LogP) is 1.29. The van der Waals surface area contributed by atoms with E-state index in [1.807, 2.05) is 0 Å². The molecular weight excluding hydrogens is 296 g/mol. The van der Waals surface area contributed by atoms with Crippen molar-refractivity contribution in [1.82, 2.24) is 19.2 Å². The van der Waals surface area contributed by atoms with Gasteiger partial charge < -0.3 is 5.11 Å². The zero-order valence-corrected chi connectivity index (χ0v) is 11.4. The van der Waals surface area contributed by atoms with Crippen molar-refractivity contribution in [2.24, 2.45) is 0 Å². The molecule has 21 heavy (non-hydrogen) atoms. The number of benzene rings is 1. The number of hydrogen-bond acceptors (Lipinski definition) is 4. The fraction of sp³-hybridized carbons (Fsp3) is 0.0769. The first-order valence-corrected chi connectivity index (χ1v) is 6.35. The Morgan fingerprint density at radius 3 is 2.86 bits per heavy atom. The summed E-state index contributed by atoms with van der Waals surface area (Å²) in [6, 6.07) is 4.36. The maximum absolute atomic E-state index is 12.1. The van der Waals surface area contributed by atoms with Gasteiger partial charge in [-0.15, -0.1) is 5.10 Å². The fourth-order valence-corrected chi connectivity index (χ4v) is 2.19. The molecule has 0 spiro atoms. The molecule has 0 aliphatic heterocycles. The molecule has 0 atom stereocenters. The van der Waals surface area contributed by atoms with E-state index in [2.05, 4.69) is 10.1 Å². The summed E-state index contributed by atoms with van der Waals surface area (Å²) in [6.45, 7) is 0.152. The number of nitrogens with zero attached hydrogens (tertiary/aromatic N) is 4. The second-order valence-electron chi connectivity index (χ2n) is 4.36. The van der Waals surface area contributed by atoms with Crippen LogP contribution in [0.4, 0.5) is 0 Å². The minimum atomic E-state index is -1.06. The van der Waals surface area contributed by atoms with Crippen molar-refractivity contribution in [1.29, 1.82) is 0 Å². The Morgan fingerprint density at radius 2 is 2.19 bits per heavy atom. The quantitative estimate of drug-likeness (QED) is 0.787. The average molecular weight is 305 g/mol. The lowest BCUT2D eigenvalue weighted by Crippen LogP contribution is -2.21. The highest BCUT2D eigenvalue weighted by Gasteiger charge is 2.11. The third kappa shape index (κ3) is 2.38. The Kier molecular flexibility index (Phi) is 3.19. The predicted molar refractivity (Wildman–Crippen MR) is 74.8 cm³/mol.